The van der Waals surface area contributed by atoms with Gasteiger partial charge in [0.05, 0.1) is 5.56 Å². The van der Waals surface area contributed by atoms with Crippen molar-refractivity contribution < 1.29 is 9.47 Å². The molecule has 16 heavy (non-hydrogen) atoms. The maximum atomic E-state index is 5.55. The molecule has 0 amide bonds. The van der Waals surface area contributed by atoms with Crippen molar-refractivity contribution in [3.8, 4) is 11.8 Å². The molecule has 0 fully saturated rings. The van der Waals surface area contributed by atoms with Crippen molar-refractivity contribution in [2.45, 2.75) is 20.1 Å². The molecule has 0 N–H and O–H groups in total. The summed E-state index contributed by atoms with van der Waals surface area (Å²) < 4.78 is 10.5. The van der Waals surface area contributed by atoms with Crippen LogP contribution in [-0.2, 0) is 9.47 Å². The first-order valence-corrected chi connectivity index (χ1v) is 5.36. The number of hydrogen-bond acceptors (Lipinski definition) is 4. The molecule has 0 atom stereocenters. The lowest BCUT2D eigenvalue weighted by Gasteiger charge is -2.09. The molecule has 0 spiro atoms. The summed E-state index contributed by atoms with van der Waals surface area (Å²) in [5, 5.41) is 0.205. The number of ether oxygens (including phenoxy) is 2. The van der Waals surface area contributed by atoms with Crippen molar-refractivity contribution in [3.63, 3.8) is 0 Å². The molecule has 1 aromatic rings. The molecule has 0 unspecified atom stereocenters. The van der Waals surface area contributed by atoms with Crippen molar-refractivity contribution in [3.05, 3.63) is 23.2 Å². The molecule has 86 valence electrons. The van der Waals surface area contributed by atoms with Crippen LogP contribution in [0.1, 0.15) is 19.4 Å². The van der Waals surface area contributed by atoms with Crippen molar-refractivity contribution in [1.82, 2.24) is 9.97 Å². The van der Waals surface area contributed by atoms with E-state index in [1.165, 1.54) is 0 Å². The average Bonchev–Trinajstić information content (AvgIpc) is 2.29. The second-order valence-electron chi connectivity index (χ2n) is 2.75. The molecule has 0 aliphatic rings. The Morgan fingerprint density at radius 1 is 1.25 bits per heavy atom. The Kier molecular flexibility index (Phi) is 5.79. The summed E-state index contributed by atoms with van der Waals surface area (Å²) in [6, 6.07) is 0. The molecule has 1 aromatic heterocycles. The van der Waals surface area contributed by atoms with E-state index in [1.807, 2.05) is 13.8 Å². The van der Waals surface area contributed by atoms with Crippen LogP contribution in [0, 0.1) is 11.8 Å². The third-order valence-electron chi connectivity index (χ3n) is 1.59. The van der Waals surface area contributed by atoms with Crippen LogP contribution in [0.25, 0.3) is 0 Å². The molecule has 0 aliphatic carbocycles. The minimum absolute atomic E-state index is 0.205. The summed E-state index contributed by atoms with van der Waals surface area (Å²) in [7, 11) is 0. The number of hydrogen-bond donors (Lipinski definition) is 0. The number of halogens is 1. The summed E-state index contributed by atoms with van der Waals surface area (Å²) in [5.41, 5.74) is 0.675. The summed E-state index contributed by atoms with van der Waals surface area (Å²) in [6.07, 6.45) is 2.60. The quantitative estimate of drug-likeness (QED) is 0.458. The summed E-state index contributed by atoms with van der Waals surface area (Å²) in [5.74, 6) is 5.70. The minimum atomic E-state index is -0.509. The molecular formula is C11H13ClN2O2. The molecule has 5 heteroatoms. The lowest BCUT2D eigenvalue weighted by Crippen LogP contribution is -2.14. The van der Waals surface area contributed by atoms with Crippen LogP contribution in [0.3, 0.4) is 0 Å². The van der Waals surface area contributed by atoms with E-state index in [-0.39, 0.29) is 5.28 Å². The van der Waals surface area contributed by atoms with Crippen LogP contribution in [0.5, 0.6) is 0 Å². The third-order valence-corrected chi connectivity index (χ3v) is 1.79. The predicted molar refractivity (Wildman–Crippen MR) is 61.0 cm³/mol. The summed E-state index contributed by atoms with van der Waals surface area (Å²) in [4.78, 5) is 7.64. The van der Waals surface area contributed by atoms with Gasteiger partial charge in [-0.3, -0.25) is 0 Å². The van der Waals surface area contributed by atoms with E-state index < -0.39 is 6.29 Å². The first-order chi connectivity index (χ1) is 7.76. The molecule has 4 nitrogen and oxygen atoms in total. The molecule has 0 saturated carbocycles. The molecule has 0 bridgehead atoms. The zero-order valence-electron chi connectivity index (χ0n) is 9.24. The van der Waals surface area contributed by atoms with Gasteiger partial charge in [-0.1, -0.05) is 5.92 Å². The smallest absolute Gasteiger partial charge is 0.222 e. The topological polar surface area (TPSA) is 44.2 Å². The van der Waals surface area contributed by atoms with Gasteiger partial charge in [-0.25, -0.2) is 9.97 Å². The van der Waals surface area contributed by atoms with E-state index in [0.29, 0.717) is 18.8 Å². The Morgan fingerprint density at radius 3 is 2.31 bits per heavy atom. The van der Waals surface area contributed by atoms with Gasteiger partial charge in [0.25, 0.3) is 0 Å². The number of nitrogens with zero attached hydrogens (tertiary/aromatic N) is 2. The normalized spacial score (nSPS) is 10.0. The molecule has 0 saturated heterocycles. The molecule has 1 rings (SSSR count). The average molecular weight is 241 g/mol. The summed E-state index contributed by atoms with van der Waals surface area (Å²) >= 11 is 5.55. The van der Waals surface area contributed by atoms with Crippen molar-refractivity contribution >= 4 is 11.6 Å². The van der Waals surface area contributed by atoms with Crippen LogP contribution in [0.2, 0.25) is 5.28 Å². The molecular weight excluding hydrogens is 228 g/mol. The van der Waals surface area contributed by atoms with E-state index >= 15 is 0 Å². The molecule has 0 aliphatic heterocycles. The fourth-order valence-electron chi connectivity index (χ4n) is 0.953. The van der Waals surface area contributed by atoms with Crippen LogP contribution in [0.15, 0.2) is 12.4 Å². The highest BCUT2D eigenvalue weighted by Gasteiger charge is 2.01. The van der Waals surface area contributed by atoms with E-state index in [1.54, 1.807) is 12.4 Å². The highest BCUT2D eigenvalue weighted by molar-refractivity contribution is 6.28. The van der Waals surface area contributed by atoms with Gasteiger partial charge in [0.15, 0.2) is 0 Å². The van der Waals surface area contributed by atoms with E-state index in [0.717, 1.165) is 0 Å². The second kappa shape index (κ2) is 7.18. The van der Waals surface area contributed by atoms with Crippen LogP contribution < -0.4 is 0 Å². The van der Waals surface area contributed by atoms with Gasteiger partial charge in [0, 0.05) is 25.6 Å². The van der Waals surface area contributed by atoms with Gasteiger partial charge in [-0.05, 0) is 31.4 Å². The Bertz CT molecular complexity index is 364. The van der Waals surface area contributed by atoms with Gasteiger partial charge in [-0.15, -0.1) is 0 Å². The zero-order chi connectivity index (χ0) is 11.8. The highest BCUT2D eigenvalue weighted by atomic mass is 35.5. The van der Waals surface area contributed by atoms with Gasteiger partial charge in [-0.2, -0.15) is 0 Å². The second-order valence-corrected chi connectivity index (χ2v) is 3.09. The lowest BCUT2D eigenvalue weighted by molar-refractivity contribution is -0.0969. The van der Waals surface area contributed by atoms with Gasteiger partial charge in [0.2, 0.25) is 11.6 Å². The number of aromatic nitrogens is 2. The predicted octanol–water partition coefficient (Wildman–Crippen LogP) is 1.88. The minimum Gasteiger partial charge on any atom is -0.342 e. The van der Waals surface area contributed by atoms with E-state index in [2.05, 4.69) is 21.8 Å². The fraction of sp³-hybridized carbons (Fsp3) is 0.455. The third kappa shape index (κ3) is 4.58. The molecule has 1 heterocycles. The van der Waals surface area contributed by atoms with Gasteiger partial charge in [0.1, 0.15) is 0 Å². The standard InChI is InChI=1S/C11H13ClN2O2/c1-3-15-10(16-4-2)6-5-9-7-13-11(12)14-8-9/h7-8,10H,3-4H2,1-2H3. The van der Waals surface area contributed by atoms with Crippen molar-refractivity contribution in [2.75, 3.05) is 13.2 Å². The zero-order valence-corrected chi connectivity index (χ0v) is 9.99. The Morgan fingerprint density at radius 2 is 1.81 bits per heavy atom. The van der Waals surface area contributed by atoms with E-state index in [9.17, 15) is 0 Å². The first kappa shape index (κ1) is 12.9. The van der Waals surface area contributed by atoms with Gasteiger partial charge >= 0.3 is 0 Å². The van der Waals surface area contributed by atoms with Crippen molar-refractivity contribution in [1.29, 1.82) is 0 Å². The SMILES string of the molecule is CCOC(C#Cc1cnc(Cl)nc1)OCC. The summed E-state index contributed by atoms with van der Waals surface area (Å²) in [6.45, 7) is 4.88. The van der Waals surface area contributed by atoms with Crippen molar-refractivity contribution in [2.24, 2.45) is 0 Å². The largest absolute Gasteiger partial charge is 0.342 e. The monoisotopic (exact) mass is 240 g/mol. The molecule has 0 radical (unpaired) electrons. The number of rotatable bonds is 4. The highest BCUT2D eigenvalue weighted by Crippen LogP contribution is 2.00. The van der Waals surface area contributed by atoms with Gasteiger partial charge < -0.3 is 9.47 Å². The Hall–Kier alpha value is -1.15. The van der Waals surface area contributed by atoms with Crippen LogP contribution in [-0.4, -0.2) is 29.5 Å². The Balaban J connectivity index is 2.66. The maximum absolute atomic E-state index is 5.55. The maximum Gasteiger partial charge on any atom is 0.222 e. The fourth-order valence-corrected chi connectivity index (χ4v) is 1.05. The van der Waals surface area contributed by atoms with E-state index in [4.69, 9.17) is 21.1 Å². The first-order valence-electron chi connectivity index (χ1n) is 4.98. The Labute approximate surface area is 100.0 Å². The molecule has 0 aromatic carbocycles. The van der Waals surface area contributed by atoms with Crippen LogP contribution >= 0.6 is 11.6 Å². The lowest BCUT2D eigenvalue weighted by atomic mass is 10.3. The van der Waals surface area contributed by atoms with Crippen LogP contribution in [0.4, 0.5) is 0 Å².